The van der Waals surface area contributed by atoms with E-state index in [0.29, 0.717) is 5.56 Å². The number of nitrogens with two attached hydrogens (primary N) is 1. The SMILES string of the molecule is CCc1ccc(C(NCC(F)(F)F)C(N)=O)cc1. The van der Waals surface area contributed by atoms with Crippen molar-refractivity contribution in [1.29, 1.82) is 0 Å². The molecule has 1 aromatic carbocycles. The van der Waals surface area contributed by atoms with Gasteiger partial charge in [0.05, 0.1) is 6.54 Å². The second-order valence-electron chi connectivity index (χ2n) is 3.93. The summed E-state index contributed by atoms with van der Waals surface area (Å²) in [5.41, 5.74) is 6.57. The monoisotopic (exact) mass is 260 g/mol. The second kappa shape index (κ2) is 5.86. The van der Waals surface area contributed by atoms with Gasteiger partial charge in [0.1, 0.15) is 6.04 Å². The molecule has 0 spiro atoms. The number of rotatable bonds is 5. The van der Waals surface area contributed by atoms with E-state index in [1.54, 1.807) is 24.3 Å². The number of benzene rings is 1. The van der Waals surface area contributed by atoms with Gasteiger partial charge in [-0.2, -0.15) is 13.2 Å². The van der Waals surface area contributed by atoms with E-state index in [9.17, 15) is 18.0 Å². The Morgan fingerprint density at radius 2 is 1.89 bits per heavy atom. The summed E-state index contributed by atoms with van der Waals surface area (Å²) in [7, 11) is 0. The molecular weight excluding hydrogens is 245 g/mol. The molecule has 1 unspecified atom stereocenters. The number of hydrogen-bond donors (Lipinski definition) is 2. The number of aryl methyl sites for hydroxylation is 1. The van der Waals surface area contributed by atoms with Crippen LogP contribution in [0.25, 0.3) is 0 Å². The van der Waals surface area contributed by atoms with Gasteiger partial charge in [0.2, 0.25) is 5.91 Å². The average molecular weight is 260 g/mol. The van der Waals surface area contributed by atoms with Crippen molar-refractivity contribution in [2.24, 2.45) is 5.73 Å². The number of halogens is 3. The van der Waals surface area contributed by atoms with Crippen LogP contribution in [0.2, 0.25) is 0 Å². The van der Waals surface area contributed by atoms with Gasteiger partial charge in [-0.15, -0.1) is 0 Å². The predicted octanol–water partition coefficient (Wildman–Crippen LogP) is 1.93. The van der Waals surface area contributed by atoms with Crippen LogP contribution in [-0.4, -0.2) is 18.6 Å². The van der Waals surface area contributed by atoms with E-state index in [4.69, 9.17) is 5.73 Å². The molecule has 6 heteroatoms. The Morgan fingerprint density at radius 3 is 2.28 bits per heavy atom. The molecule has 100 valence electrons. The minimum atomic E-state index is -4.38. The summed E-state index contributed by atoms with van der Waals surface area (Å²) >= 11 is 0. The first kappa shape index (κ1) is 14.5. The van der Waals surface area contributed by atoms with Gasteiger partial charge in [0, 0.05) is 0 Å². The number of nitrogens with one attached hydrogen (secondary N) is 1. The summed E-state index contributed by atoms with van der Waals surface area (Å²) < 4.78 is 36.3. The lowest BCUT2D eigenvalue weighted by atomic mass is 10.0. The molecule has 1 aromatic rings. The summed E-state index contributed by atoms with van der Waals surface area (Å²) in [6, 6.07) is 5.62. The summed E-state index contributed by atoms with van der Waals surface area (Å²) in [5, 5.41) is 2.11. The summed E-state index contributed by atoms with van der Waals surface area (Å²) in [5.74, 6) is -0.830. The molecule has 1 atom stereocenters. The molecule has 1 rings (SSSR count). The molecule has 0 saturated carbocycles. The Labute approximate surface area is 103 Å². The zero-order valence-electron chi connectivity index (χ0n) is 9.92. The highest BCUT2D eigenvalue weighted by atomic mass is 19.4. The van der Waals surface area contributed by atoms with Crippen LogP contribution in [0.1, 0.15) is 24.1 Å². The molecular formula is C12H15F3N2O. The van der Waals surface area contributed by atoms with Gasteiger partial charge in [-0.25, -0.2) is 0 Å². The lowest BCUT2D eigenvalue weighted by Crippen LogP contribution is -2.38. The van der Waals surface area contributed by atoms with E-state index >= 15 is 0 Å². The Kier molecular flexibility index (Phi) is 4.72. The first-order chi connectivity index (χ1) is 8.33. The third-order valence-electron chi connectivity index (χ3n) is 2.51. The fourth-order valence-electron chi connectivity index (χ4n) is 1.55. The van der Waals surface area contributed by atoms with E-state index in [-0.39, 0.29) is 0 Å². The maximum absolute atomic E-state index is 12.1. The maximum Gasteiger partial charge on any atom is 0.401 e. The first-order valence-corrected chi connectivity index (χ1v) is 5.51. The number of primary amides is 1. The van der Waals surface area contributed by atoms with Crippen molar-refractivity contribution in [3.63, 3.8) is 0 Å². The number of alkyl halides is 3. The molecule has 0 saturated heterocycles. The van der Waals surface area contributed by atoms with Crippen molar-refractivity contribution in [3.8, 4) is 0 Å². The molecule has 3 nitrogen and oxygen atoms in total. The van der Waals surface area contributed by atoms with E-state index in [2.05, 4.69) is 5.32 Å². The number of carbonyl (C=O) groups excluding carboxylic acids is 1. The molecule has 0 aliphatic carbocycles. The Bertz CT molecular complexity index is 401. The van der Waals surface area contributed by atoms with Gasteiger partial charge in [-0.1, -0.05) is 31.2 Å². The largest absolute Gasteiger partial charge is 0.401 e. The van der Waals surface area contributed by atoms with Crippen molar-refractivity contribution in [2.75, 3.05) is 6.54 Å². The van der Waals surface area contributed by atoms with Gasteiger partial charge >= 0.3 is 6.18 Å². The highest BCUT2D eigenvalue weighted by Gasteiger charge is 2.29. The quantitative estimate of drug-likeness (QED) is 0.850. The average Bonchev–Trinajstić information content (AvgIpc) is 2.28. The predicted molar refractivity (Wildman–Crippen MR) is 61.8 cm³/mol. The minimum absolute atomic E-state index is 0.434. The number of carbonyl (C=O) groups is 1. The molecule has 18 heavy (non-hydrogen) atoms. The normalized spacial score (nSPS) is 13.3. The fourth-order valence-corrected chi connectivity index (χ4v) is 1.55. The topological polar surface area (TPSA) is 55.1 Å². The third-order valence-corrected chi connectivity index (χ3v) is 2.51. The van der Waals surface area contributed by atoms with Crippen molar-refractivity contribution in [1.82, 2.24) is 5.32 Å². The van der Waals surface area contributed by atoms with Crippen LogP contribution >= 0.6 is 0 Å². The maximum atomic E-state index is 12.1. The van der Waals surface area contributed by atoms with Gasteiger partial charge in [-0.3, -0.25) is 10.1 Å². The number of amides is 1. The summed E-state index contributed by atoms with van der Waals surface area (Å²) in [4.78, 5) is 11.2. The molecule has 0 radical (unpaired) electrons. The van der Waals surface area contributed by atoms with Crippen molar-refractivity contribution in [2.45, 2.75) is 25.6 Å². The van der Waals surface area contributed by atoms with Crippen LogP contribution in [0.15, 0.2) is 24.3 Å². The first-order valence-electron chi connectivity index (χ1n) is 5.51. The van der Waals surface area contributed by atoms with Crippen molar-refractivity contribution < 1.29 is 18.0 Å². The van der Waals surface area contributed by atoms with E-state index < -0.39 is 24.7 Å². The molecule has 0 heterocycles. The molecule has 3 N–H and O–H groups in total. The van der Waals surface area contributed by atoms with Crippen LogP contribution < -0.4 is 11.1 Å². The lowest BCUT2D eigenvalue weighted by molar-refractivity contribution is -0.130. The second-order valence-corrected chi connectivity index (χ2v) is 3.93. The smallest absolute Gasteiger partial charge is 0.368 e. The van der Waals surface area contributed by atoms with Crippen LogP contribution in [0, 0.1) is 0 Å². The highest BCUT2D eigenvalue weighted by molar-refractivity contribution is 5.81. The third kappa shape index (κ3) is 4.37. The van der Waals surface area contributed by atoms with Gasteiger partial charge in [0.25, 0.3) is 0 Å². The van der Waals surface area contributed by atoms with Crippen molar-refractivity contribution in [3.05, 3.63) is 35.4 Å². The molecule has 0 aromatic heterocycles. The Balaban J connectivity index is 2.80. The van der Waals surface area contributed by atoms with E-state index in [1.165, 1.54) is 0 Å². The van der Waals surface area contributed by atoms with Gasteiger partial charge in [-0.05, 0) is 17.5 Å². The number of hydrogen-bond acceptors (Lipinski definition) is 2. The van der Waals surface area contributed by atoms with Gasteiger partial charge in [0.15, 0.2) is 0 Å². The molecule has 0 aliphatic heterocycles. The highest BCUT2D eigenvalue weighted by Crippen LogP contribution is 2.18. The van der Waals surface area contributed by atoms with Gasteiger partial charge < -0.3 is 5.73 Å². The lowest BCUT2D eigenvalue weighted by Gasteiger charge is -2.17. The molecule has 0 fully saturated rings. The Hall–Kier alpha value is -1.56. The Morgan fingerprint density at radius 1 is 1.33 bits per heavy atom. The zero-order chi connectivity index (χ0) is 13.8. The van der Waals surface area contributed by atoms with E-state index in [0.717, 1.165) is 12.0 Å². The molecule has 0 aliphatic rings. The standard InChI is InChI=1S/C12H15F3N2O/c1-2-8-3-5-9(6-4-8)10(11(16)18)17-7-12(13,14)15/h3-6,10,17H,2,7H2,1H3,(H2,16,18). The fraction of sp³-hybridized carbons (Fsp3) is 0.417. The van der Waals surface area contributed by atoms with Crippen LogP contribution in [0.5, 0.6) is 0 Å². The van der Waals surface area contributed by atoms with Crippen LogP contribution in [0.3, 0.4) is 0 Å². The van der Waals surface area contributed by atoms with Crippen LogP contribution in [0.4, 0.5) is 13.2 Å². The summed E-state index contributed by atoms with van der Waals surface area (Å²) in [6.45, 7) is 0.707. The van der Waals surface area contributed by atoms with Crippen LogP contribution in [-0.2, 0) is 11.2 Å². The minimum Gasteiger partial charge on any atom is -0.368 e. The molecule has 1 amide bonds. The van der Waals surface area contributed by atoms with Crippen molar-refractivity contribution >= 4 is 5.91 Å². The molecule has 0 bridgehead atoms. The zero-order valence-corrected chi connectivity index (χ0v) is 9.92. The summed E-state index contributed by atoms with van der Waals surface area (Å²) in [6.07, 6.45) is -3.56. The van der Waals surface area contributed by atoms with E-state index in [1.807, 2.05) is 6.92 Å².